The topological polar surface area (TPSA) is 29.5 Å². The SMILES string of the molecule is CC(C)OC(C)(C)C(C)(C)O.[B]. The molecule has 0 saturated heterocycles. The smallest absolute Gasteiger partial charge is 0.0910 e. The Balaban J connectivity index is 0. The van der Waals surface area contributed by atoms with Crippen molar-refractivity contribution in [2.45, 2.75) is 58.8 Å². The lowest BCUT2D eigenvalue weighted by atomic mass is 9.89. The van der Waals surface area contributed by atoms with Crippen LogP contribution in [0.4, 0.5) is 0 Å². The Bertz CT molecular complexity index is 125. The molecular weight excluding hydrogens is 151 g/mol. The van der Waals surface area contributed by atoms with Crippen molar-refractivity contribution in [2.24, 2.45) is 0 Å². The van der Waals surface area contributed by atoms with Crippen LogP contribution in [0.15, 0.2) is 0 Å². The summed E-state index contributed by atoms with van der Waals surface area (Å²) in [4.78, 5) is 0. The second-order valence-electron chi connectivity index (χ2n) is 4.24. The first-order chi connectivity index (χ1) is 4.67. The number of rotatable bonds is 3. The summed E-state index contributed by atoms with van der Waals surface area (Å²) >= 11 is 0. The summed E-state index contributed by atoms with van der Waals surface area (Å²) in [6.45, 7) is 11.2. The van der Waals surface area contributed by atoms with Crippen LogP contribution >= 0.6 is 0 Å². The van der Waals surface area contributed by atoms with Gasteiger partial charge in [0.2, 0.25) is 0 Å². The summed E-state index contributed by atoms with van der Waals surface area (Å²) in [6, 6.07) is 0. The molecule has 1 N–H and O–H groups in total. The van der Waals surface area contributed by atoms with E-state index in [4.69, 9.17) is 4.74 Å². The van der Waals surface area contributed by atoms with E-state index in [9.17, 15) is 5.11 Å². The zero-order valence-corrected chi connectivity index (χ0v) is 9.01. The average Bonchev–Trinajstić information content (AvgIpc) is 1.56. The third-order valence-electron chi connectivity index (χ3n) is 2.00. The van der Waals surface area contributed by atoms with Gasteiger partial charge in [-0.2, -0.15) is 0 Å². The summed E-state index contributed by atoms with van der Waals surface area (Å²) in [6.07, 6.45) is 0.149. The Morgan fingerprint density at radius 3 is 1.50 bits per heavy atom. The minimum atomic E-state index is -0.794. The quantitative estimate of drug-likeness (QED) is 0.653. The van der Waals surface area contributed by atoms with Gasteiger partial charge in [0.15, 0.2) is 0 Å². The van der Waals surface area contributed by atoms with E-state index >= 15 is 0 Å². The van der Waals surface area contributed by atoms with E-state index in [0.29, 0.717) is 0 Å². The summed E-state index contributed by atoms with van der Waals surface area (Å²) in [5, 5.41) is 9.67. The fourth-order valence-electron chi connectivity index (χ4n) is 0.733. The van der Waals surface area contributed by atoms with Gasteiger partial charge in [-0.15, -0.1) is 0 Å². The molecule has 71 valence electrons. The van der Waals surface area contributed by atoms with Gasteiger partial charge in [0.25, 0.3) is 0 Å². The van der Waals surface area contributed by atoms with Gasteiger partial charge in [-0.3, -0.25) is 0 Å². The first-order valence-corrected chi connectivity index (χ1v) is 4.07. The standard InChI is InChI=1S/C9H20O2.B/c1-7(2)11-9(5,6)8(3,4)10;/h7,10H,1-6H3;. The average molecular weight is 171 g/mol. The van der Waals surface area contributed by atoms with Gasteiger partial charge in [0.1, 0.15) is 0 Å². The van der Waals surface area contributed by atoms with Crippen LogP contribution in [0.3, 0.4) is 0 Å². The molecule has 0 aliphatic rings. The molecule has 0 spiro atoms. The molecule has 3 radical (unpaired) electrons. The molecule has 2 nitrogen and oxygen atoms in total. The Kier molecular flexibility index (Phi) is 5.18. The van der Waals surface area contributed by atoms with Crippen LogP contribution in [0, 0.1) is 0 Å². The number of ether oxygens (including phenoxy) is 1. The number of hydrogen-bond acceptors (Lipinski definition) is 2. The molecule has 0 heterocycles. The van der Waals surface area contributed by atoms with Crippen molar-refractivity contribution in [3.05, 3.63) is 0 Å². The summed E-state index contributed by atoms with van der Waals surface area (Å²) < 4.78 is 5.55. The van der Waals surface area contributed by atoms with Crippen molar-refractivity contribution in [2.75, 3.05) is 0 Å². The third-order valence-corrected chi connectivity index (χ3v) is 2.00. The first kappa shape index (κ1) is 14.5. The van der Waals surface area contributed by atoms with Crippen molar-refractivity contribution < 1.29 is 9.84 Å². The fourth-order valence-corrected chi connectivity index (χ4v) is 0.733. The number of aliphatic hydroxyl groups is 1. The van der Waals surface area contributed by atoms with Crippen molar-refractivity contribution in [1.29, 1.82) is 0 Å². The van der Waals surface area contributed by atoms with Gasteiger partial charge in [-0.05, 0) is 41.5 Å². The molecule has 0 unspecified atom stereocenters. The molecule has 0 aliphatic carbocycles. The van der Waals surface area contributed by atoms with Crippen LogP contribution in [0.1, 0.15) is 41.5 Å². The van der Waals surface area contributed by atoms with Crippen molar-refractivity contribution in [3.63, 3.8) is 0 Å². The Hall–Kier alpha value is -0.0151. The van der Waals surface area contributed by atoms with E-state index in [2.05, 4.69) is 0 Å². The molecule has 0 aromatic heterocycles. The van der Waals surface area contributed by atoms with E-state index in [1.165, 1.54) is 0 Å². The predicted octanol–water partition coefficient (Wildman–Crippen LogP) is 1.58. The second-order valence-corrected chi connectivity index (χ2v) is 4.24. The summed E-state index contributed by atoms with van der Waals surface area (Å²) in [5.74, 6) is 0. The van der Waals surface area contributed by atoms with Gasteiger partial charge < -0.3 is 9.84 Å². The highest BCUT2D eigenvalue weighted by atomic mass is 16.5. The maximum absolute atomic E-state index is 9.67. The second kappa shape index (κ2) is 4.29. The highest BCUT2D eigenvalue weighted by Crippen LogP contribution is 2.26. The maximum Gasteiger partial charge on any atom is 0.0910 e. The zero-order chi connectivity index (χ0) is 9.28. The lowest BCUT2D eigenvalue weighted by molar-refractivity contribution is -0.166. The molecule has 0 bridgehead atoms. The molecule has 0 saturated carbocycles. The van der Waals surface area contributed by atoms with E-state index in [1.807, 2.05) is 27.7 Å². The summed E-state index contributed by atoms with van der Waals surface area (Å²) in [5.41, 5.74) is -1.28. The largest absolute Gasteiger partial charge is 0.387 e. The van der Waals surface area contributed by atoms with Crippen LogP contribution in [0.5, 0.6) is 0 Å². The van der Waals surface area contributed by atoms with E-state index < -0.39 is 11.2 Å². The Morgan fingerprint density at radius 2 is 1.42 bits per heavy atom. The van der Waals surface area contributed by atoms with Crippen LogP contribution in [-0.4, -0.2) is 30.8 Å². The first-order valence-electron chi connectivity index (χ1n) is 4.07. The number of hydrogen-bond donors (Lipinski definition) is 1. The lowest BCUT2D eigenvalue weighted by Crippen LogP contribution is -2.48. The monoisotopic (exact) mass is 171 g/mol. The molecule has 3 heteroatoms. The van der Waals surface area contributed by atoms with Gasteiger partial charge >= 0.3 is 0 Å². The molecule has 0 aromatic rings. The Labute approximate surface area is 77.9 Å². The highest BCUT2D eigenvalue weighted by Gasteiger charge is 2.36. The van der Waals surface area contributed by atoms with Crippen LogP contribution in [0.2, 0.25) is 0 Å². The van der Waals surface area contributed by atoms with E-state index in [-0.39, 0.29) is 14.5 Å². The minimum Gasteiger partial charge on any atom is -0.387 e. The normalized spacial score (nSPS) is 13.0. The summed E-state index contributed by atoms with van der Waals surface area (Å²) in [7, 11) is 0. The predicted molar refractivity (Wildman–Crippen MR) is 52.4 cm³/mol. The van der Waals surface area contributed by atoms with Gasteiger partial charge in [0, 0.05) is 8.41 Å². The van der Waals surface area contributed by atoms with Crippen LogP contribution < -0.4 is 0 Å². The zero-order valence-electron chi connectivity index (χ0n) is 9.01. The van der Waals surface area contributed by atoms with Crippen molar-refractivity contribution >= 4 is 8.41 Å². The molecule has 0 fully saturated rings. The molecule has 0 aromatic carbocycles. The molecule has 12 heavy (non-hydrogen) atoms. The van der Waals surface area contributed by atoms with Gasteiger partial charge in [-0.1, -0.05) is 0 Å². The Morgan fingerprint density at radius 1 is 1.08 bits per heavy atom. The maximum atomic E-state index is 9.67. The minimum absolute atomic E-state index is 0. The fraction of sp³-hybridized carbons (Fsp3) is 1.00. The van der Waals surface area contributed by atoms with Crippen molar-refractivity contribution in [1.82, 2.24) is 0 Å². The molecule has 0 rings (SSSR count). The van der Waals surface area contributed by atoms with E-state index in [1.54, 1.807) is 13.8 Å². The molecule has 0 aliphatic heterocycles. The van der Waals surface area contributed by atoms with Crippen LogP contribution in [-0.2, 0) is 4.74 Å². The molecule has 0 amide bonds. The third kappa shape index (κ3) is 4.12. The van der Waals surface area contributed by atoms with Crippen molar-refractivity contribution in [3.8, 4) is 0 Å². The van der Waals surface area contributed by atoms with E-state index in [0.717, 1.165) is 0 Å². The molecule has 0 atom stereocenters. The molecular formula is C9H20BO2. The van der Waals surface area contributed by atoms with Gasteiger partial charge in [0.05, 0.1) is 17.3 Å². The van der Waals surface area contributed by atoms with Gasteiger partial charge in [-0.25, -0.2) is 0 Å². The van der Waals surface area contributed by atoms with Crippen LogP contribution in [0.25, 0.3) is 0 Å². The highest BCUT2D eigenvalue weighted by molar-refractivity contribution is 5.75. The lowest BCUT2D eigenvalue weighted by Gasteiger charge is -2.38.